The Morgan fingerprint density at radius 1 is 1.31 bits per heavy atom. The van der Waals surface area contributed by atoms with Crippen molar-refractivity contribution >= 4 is 17.6 Å². The Morgan fingerprint density at radius 2 is 2.00 bits per heavy atom. The number of hydrogen-bond acceptors (Lipinski definition) is 3. The summed E-state index contributed by atoms with van der Waals surface area (Å²) in [7, 11) is 0. The third kappa shape index (κ3) is 3.56. The molecule has 5 nitrogen and oxygen atoms in total. The zero-order valence-electron chi connectivity index (χ0n) is 7.71. The molecule has 0 bridgehead atoms. The molecule has 0 aromatic carbocycles. The van der Waals surface area contributed by atoms with Gasteiger partial charge in [0.25, 0.3) is 0 Å². The molecule has 0 spiro atoms. The summed E-state index contributed by atoms with van der Waals surface area (Å²) in [6, 6.07) is 1.61. The lowest BCUT2D eigenvalue weighted by atomic mass is 10.4. The molecule has 1 heterocycles. The quantitative estimate of drug-likeness (QED) is 0.767. The highest BCUT2D eigenvalue weighted by Crippen LogP contribution is 2.14. The molecule has 0 saturated carbocycles. The van der Waals surface area contributed by atoms with E-state index in [0.29, 0.717) is 0 Å². The smallest absolute Gasteiger partial charge is 0.306 e. The van der Waals surface area contributed by atoms with Gasteiger partial charge in [-0.1, -0.05) is 0 Å². The van der Waals surface area contributed by atoms with Gasteiger partial charge in [-0.05, 0) is 12.1 Å². The summed E-state index contributed by atoms with van der Waals surface area (Å²) in [5.41, 5.74) is 0.176. The topological polar surface area (TPSA) is 71.1 Å². The summed E-state index contributed by atoms with van der Waals surface area (Å²) < 4.78 is 35.2. The van der Waals surface area contributed by atoms with Crippen LogP contribution in [-0.4, -0.2) is 23.1 Å². The monoisotopic (exact) mass is 233 g/mol. The van der Waals surface area contributed by atoms with Crippen molar-refractivity contribution < 1.29 is 22.8 Å². The van der Waals surface area contributed by atoms with Crippen molar-refractivity contribution in [1.82, 2.24) is 10.3 Å². The molecule has 2 N–H and O–H groups in total. The van der Waals surface area contributed by atoms with Crippen LogP contribution in [0.15, 0.2) is 24.5 Å². The molecule has 0 radical (unpaired) electrons. The number of carbonyl (C=O) groups excluding carboxylic acids is 2. The average Bonchev–Trinajstić information content (AvgIpc) is 2.17. The second-order valence-electron chi connectivity index (χ2n) is 2.65. The van der Waals surface area contributed by atoms with Crippen molar-refractivity contribution in [3.05, 3.63) is 24.5 Å². The molecule has 86 valence electrons. The maximum atomic E-state index is 11.7. The molecule has 16 heavy (non-hydrogen) atoms. The van der Waals surface area contributed by atoms with E-state index in [1.807, 2.05) is 5.32 Å². The fourth-order valence-corrected chi connectivity index (χ4v) is 0.773. The van der Waals surface area contributed by atoms with E-state index in [4.69, 9.17) is 0 Å². The van der Waals surface area contributed by atoms with E-state index in [9.17, 15) is 22.8 Å². The Balaban J connectivity index is 2.52. The molecule has 0 atom stereocenters. The highest BCUT2D eigenvalue weighted by Gasteiger charge is 2.39. The minimum Gasteiger partial charge on any atom is -0.306 e. The lowest BCUT2D eigenvalue weighted by Crippen LogP contribution is -2.42. The number of halogens is 3. The summed E-state index contributed by atoms with van der Waals surface area (Å²) in [4.78, 5) is 24.9. The number of nitrogens with one attached hydrogen (secondary N) is 2. The van der Waals surface area contributed by atoms with Crippen molar-refractivity contribution in [1.29, 1.82) is 0 Å². The number of nitrogens with zero attached hydrogens (tertiary/aromatic N) is 1. The number of urea groups is 1. The molecule has 1 rings (SSSR count). The molecular weight excluding hydrogens is 227 g/mol. The summed E-state index contributed by atoms with van der Waals surface area (Å²) in [5.74, 6) is -2.33. The van der Waals surface area contributed by atoms with Gasteiger partial charge in [0.1, 0.15) is 0 Å². The number of amides is 3. The normalized spacial score (nSPS) is 10.7. The predicted octanol–water partition coefficient (Wildman–Crippen LogP) is 1.29. The largest absolute Gasteiger partial charge is 0.471 e. The number of pyridine rings is 1. The van der Waals surface area contributed by atoms with Crippen LogP contribution in [0.25, 0.3) is 0 Å². The van der Waals surface area contributed by atoms with Gasteiger partial charge in [0.15, 0.2) is 0 Å². The van der Waals surface area contributed by atoms with Crippen LogP contribution in [0.1, 0.15) is 0 Å². The molecule has 1 aromatic rings. The third-order valence-electron chi connectivity index (χ3n) is 1.40. The van der Waals surface area contributed by atoms with Crippen LogP contribution in [0.2, 0.25) is 0 Å². The molecule has 0 fully saturated rings. The van der Waals surface area contributed by atoms with E-state index in [1.54, 1.807) is 0 Å². The van der Waals surface area contributed by atoms with E-state index in [1.165, 1.54) is 24.5 Å². The lowest BCUT2D eigenvalue weighted by Gasteiger charge is -2.07. The van der Waals surface area contributed by atoms with Gasteiger partial charge in [-0.3, -0.25) is 15.1 Å². The lowest BCUT2D eigenvalue weighted by molar-refractivity contribution is -0.172. The van der Waals surface area contributed by atoms with Crippen molar-refractivity contribution in [3.63, 3.8) is 0 Å². The van der Waals surface area contributed by atoms with Crippen molar-refractivity contribution in [2.75, 3.05) is 5.32 Å². The van der Waals surface area contributed by atoms with Gasteiger partial charge < -0.3 is 5.32 Å². The van der Waals surface area contributed by atoms with Crippen LogP contribution in [0.4, 0.5) is 23.7 Å². The molecule has 0 aliphatic carbocycles. The van der Waals surface area contributed by atoms with Crippen molar-refractivity contribution in [2.45, 2.75) is 6.18 Å². The van der Waals surface area contributed by atoms with Gasteiger partial charge in [-0.25, -0.2) is 4.79 Å². The number of aromatic nitrogens is 1. The molecule has 0 aliphatic rings. The van der Waals surface area contributed by atoms with Gasteiger partial charge in [0.2, 0.25) is 0 Å². The molecule has 1 aromatic heterocycles. The highest BCUT2D eigenvalue weighted by molar-refractivity contribution is 6.02. The number of carbonyl (C=O) groups is 2. The number of imide groups is 1. The fourth-order valence-electron chi connectivity index (χ4n) is 0.773. The Labute approximate surface area is 87.7 Å². The molecule has 8 heteroatoms. The summed E-state index contributed by atoms with van der Waals surface area (Å²) >= 11 is 0. The maximum absolute atomic E-state index is 11.7. The zero-order valence-corrected chi connectivity index (χ0v) is 7.71. The summed E-state index contributed by atoms with van der Waals surface area (Å²) in [5, 5.41) is 3.14. The predicted molar refractivity (Wildman–Crippen MR) is 47.5 cm³/mol. The van der Waals surface area contributed by atoms with Gasteiger partial charge >= 0.3 is 18.1 Å². The molecule has 0 saturated heterocycles. The first kappa shape index (κ1) is 12.0. The van der Waals surface area contributed by atoms with E-state index in [2.05, 4.69) is 4.98 Å². The van der Waals surface area contributed by atoms with Crippen LogP contribution in [0, 0.1) is 0 Å². The van der Waals surface area contributed by atoms with E-state index >= 15 is 0 Å². The highest BCUT2D eigenvalue weighted by atomic mass is 19.4. The number of alkyl halides is 3. The van der Waals surface area contributed by atoms with Crippen molar-refractivity contribution in [2.24, 2.45) is 0 Å². The molecule has 3 amide bonds. The first-order valence-corrected chi connectivity index (χ1v) is 3.99. The average molecular weight is 233 g/mol. The van der Waals surface area contributed by atoms with Crippen LogP contribution in [0.3, 0.4) is 0 Å². The minimum atomic E-state index is -5.09. The number of rotatable bonds is 1. The summed E-state index contributed by atoms with van der Waals surface area (Å²) in [6.07, 6.45) is -2.45. The van der Waals surface area contributed by atoms with Crippen LogP contribution in [0.5, 0.6) is 0 Å². The summed E-state index contributed by atoms with van der Waals surface area (Å²) in [6.45, 7) is 0. The third-order valence-corrected chi connectivity index (χ3v) is 1.40. The van der Waals surface area contributed by atoms with Crippen LogP contribution in [-0.2, 0) is 4.79 Å². The molecular formula is C8H6F3N3O2. The fraction of sp³-hybridized carbons (Fsp3) is 0.125. The van der Waals surface area contributed by atoms with Gasteiger partial charge in [-0.15, -0.1) is 0 Å². The van der Waals surface area contributed by atoms with Crippen LogP contribution >= 0.6 is 0 Å². The van der Waals surface area contributed by atoms with Crippen molar-refractivity contribution in [3.8, 4) is 0 Å². The van der Waals surface area contributed by atoms with Crippen LogP contribution < -0.4 is 10.6 Å². The van der Waals surface area contributed by atoms with E-state index in [-0.39, 0.29) is 5.69 Å². The minimum absolute atomic E-state index is 0.176. The Bertz CT molecular complexity index is 391. The van der Waals surface area contributed by atoms with Gasteiger partial charge in [0.05, 0.1) is 11.9 Å². The zero-order chi connectivity index (χ0) is 12.2. The first-order chi connectivity index (χ1) is 7.39. The SMILES string of the molecule is O=C(NC(=O)C(F)(F)F)Nc1cccnc1. The Hall–Kier alpha value is -2.12. The number of hydrogen-bond donors (Lipinski definition) is 2. The second-order valence-corrected chi connectivity index (χ2v) is 2.65. The number of anilines is 1. The maximum Gasteiger partial charge on any atom is 0.471 e. The Morgan fingerprint density at radius 3 is 2.50 bits per heavy atom. The molecule has 0 aliphatic heterocycles. The standard InChI is InChI=1S/C8H6F3N3O2/c9-8(10,11)6(15)14-7(16)13-5-2-1-3-12-4-5/h1-4H,(H2,13,14,15,16). The van der Waals surface area contributed by atoms with E-state index < -0.39 is 18.1 Å². The first-order valence-electron chi connectivity index (χ1n) is 3.99. The Kier molecular flexibility index (Phi) is 3.44. The van der Waals surface area contributed by atoms with E-state index in [0.717, 1.165) is 5.32 Å². The van der Waals surface area contributed by atoms with Gasteiger partial charge in [-0.2, -0.15) is 13.2 Å². The second kappa shape index (κ2) is 4.60. The molecule has 0 unspecified atom stereocenters. The van der Waals surface area contributed by atoms with Gasteiger partial charge in [0, 0.05) is 6.20 Å².